The first-order chi connectivity index (χ1) is 15.7. The molecule has 1 aliphatic heterocycles. The van der Waals surface area contributed by atoms with Crippen molar-refractivity contribution >= 4 is 28.4 Å². The van der Waals surface area contributed by atoms with Crippen LogP contribution >= 0.6 is 0 Å². The Morgan fingerprint density at radius 2 is 1.84 bits per heavy atom. The van der Waals surface area contributed by atoms with Crippen LogP contribution in [0.1, 0.15) is 25.7 Å². The van der Waals surface area contributed by atoms with Crippen LogP contribution in [0.2, 0.25) is 0 Å². The van der Waals surface area contributed by atoms with Crippen LogP contribution in [0.25, 0.3) is 11.0 Å². The maximum absolute atomic E-state index is 13.3. The van der Waals surface area contributed by atoms with Crippen LogP contribution in [0.3, 0.4) is 0 Å². The van der Waals surface area contributed by atoms with Gasteiger partial charge in [-0.3, -0.25) is 9.59 Å². The summed E-state index contributed by atoms with van der Waals surface area (Å²) in [4.78, 5) is 32.8. The zero-order valence-electron chi connectivity index (χ0n) is 18.1. The molecule has 0 unspecified atom stereocenters. The number of rotatable bonds is 8. The molecule has 2 aromatic carbocycles. The number of anilines is 2. The first-order valence-corrected chi connectivity index (χ1v) is 11.0. The summed E-state index contributed by atoms with van der Waals surface area (Å²) in [6.45, 7) is 5.94. The number of hydrogen-bond donors (Lipinski definition) is 1. The molecule has 0 atom stereocenters. The largest absolute Gasteiger partial charge is 0.487 e. The zero-order chi connectivity index (χ0) is 22.3. The number of hydrogen-bond acceptors (Lipinski definition) is 5. The van der Waals surface area contributed by atoms with Crippen molar-refractivity contribution in [1.29, 1.82) is 0 Å². The summed E-state index contributed by atoms with van der Waals surface area (Å²) in [6, 6.07) is 14.8. The van der Waals surface area contributed by atoms with Crippen LogP contribution in [0.4, 0.5) is 11.5 Å². The molecule has 1 N–H and O–H groups in total. The topological polar surface area (TPSA) is 76.5 Å². The first kappa shape index (κ1) is 21.6. The maximum Gasteiger partial charge on any atom is 0.294 e. The van der Waals surface area contributed by atoms with Crippen LogP contribution in [-0.4, -0.2) is 35.2 Å². The number of aromatic nitrogens is 2. The number of nitrogens with zero attached hydrogens (tertiary/aromatic N) is 3. The van der Waals surface area contributed by atoms with Gasteiger partial charge in [0.25, 0.3) is 5.56 Å². The molecule has 7 heteroatoms. The minimum absolute atomic E-state index is 0.145. The molecule has 166 valence electrons. The van der Waals surface area contributed by atoms with Crippen molar-refractivity contribution in [2.24, 2.45) is 0 Å². The number of para-hydroxylation sites is 4. The van der Waals surface area contributed by atoms with Crippen molar-refractivity contribution < 1.29 is 9.53 Å². The van der Waals surface area contributed by atoms with Crippen molar-refractivity contribution in [3.8, 4) is 5.75 Å². The molecule has 0 bridgehead atoms. The van der Waals surface area contributed by atoms with E-state index in [0.717, 1.165) is 37.0 Å². The smallest absolute Gasteiger partial charge is 0.294 e. The van der Waals surface area contributed by atoms with Gasteiger partial charge in [-0.05, 0) is 43.5 Å². The fraction of sp³-hybridized carbons (Fsp3) is 0.320. The number of benzene rings is 2. The van der Waals surface area contributed by atoms with Crippen molar-refractivity contribution in [2.45, 2.75) is 32.2 Å². The Bertz CT molecular complexity index is 1170. The molecule has 4 rings (SSSR count). The summed E-state index contributed by atoms with van der Waals surface area (Å²) < 4.78 is 7.28. The molecular formula is C25H28N4O3. The highest BCUT2D eigenvalue weighted by molar-refractivity contribution is 5.92. The Kier molecular flexibility index (Phi) is 6.84. The van der Waals surface area contributed by atoms with Crippen molar-refractivity contribution in [1.82, 2.24) is 9.55 Å². The predicted octanol–water partition coefficient (Wildman–Crippen LogP) is 3.98. The standard InChI is InChI=1S/C25H28N4O3/c1-2-18-32-22-13-7-5-11-20(22)26-23(30)14-17-29-21-12-6-4-10-19(21)27-24(25(29)31)28-15-8-3-9-16-28/h2,4-7,10-13H,1,3,8-9,14-18H2,(H,26,30). The Labute approximate surface area is 187 Å². The van der Waals surface area contributed by atoms with E-state index in [2.05, 4.69) is 21.8 Å². The average Bonchev–Trinajstić information content (AvgIpc) is 2.83. The zero-order valence-corrected chi connectivity index (χ0v) is 18.1. The second kappa shape index (κ2) is 10.1. The lowest BCUT2D eigenvalue weighted by Crippen LogP contribution is -2.37. The molecule has 1 amide bonds. The molecule has 1 aliphatic rings. The van der Waals surface area contributed by atoms with E-state index in [1.807, 2.05) is 36.4 Å². The molecule has 1 aromatic heterocycles. The summed E-state index contributed by atoms with van der Waals surface area (Å²) in [5, 5.41) is 2.90. The van der Waals surface area contributed by atoms with E-state index in [1.54, 1.807) is 22.8 Å². The Balaban J connectivity index is 1.55. The first-order valence-electron chi connectivity index (χ1n) is 11.0. The molecule has 1 saturated heterocycles. The highest BCUT2D eigenvalue weighted by atomic mass is 16.5. The number of amides is 1. The van der Waals surface area contributed by atoms with E-state index in [1.165, 1.54) is 6.42 Å². The van der Waals surface area contributed by atoms with Crippen LogP contribution in [0.5, 0.6) is 5.75 Å². The minimum atomic E-state index is -0.188. The number of ether oxygens (including phenoxy) is 1. The lowest BCUT2D eigenvalue weighted by Gasteiger charge is -2.27. The van der Waals surface area contributed by atoms with Gasteiger partial charge in [-0.15, -0.1) is 0 Å². The molecule has 2 heterocycles. The third kappa shape index (κ3) is 4.82. The van der Waals surface area contributed by atoms with Gasteiger partial charge in [-0.25, -0.2) is 4.98 Å². The number of nitrogens with one attached hydrogen (secondary N) is 1. The molecule has 32 heavy (non-hydrogen) atoms. The average molecular weight is 433 g/mol. The van der Waals surface area contributed by atoms with Crippen LogP contribution in [0, 0.1) is 0 Å². The van der Waals surface area contributed by atoms with Gasteiger partial charge in [-0.2, -0.15) is 0 Å². The van der Waals surface area contributed by atoms with E-state index < -0.39 is 0 Å². The van der Waals surface area contributed by atoms with Gasteiger partial charge in [0, 0.05) is 26.1 Å². The third-order valence-corrected chi connectivity index (χ3v) is 5.57. The van der Waals surface area contributed by atoms with Gasteiger partial charge in [0.2, 0.25) is 5.91 Å². The van der Waals surface area contributed by atoms with Crippen molar-refractivity contribution in [3.63, 3.8) is 0 Å². The van der Waals surface area contributed by atoms with Crippen LogP contribution in [-0.2, 0) is 11.3 Å². The van der Waals surface area contributed by atoms with E-state index in [-0.39, 0.29) is 24.4 Å². The van der Waals surface area contributed by atoms with E-state index in [0.29, 0.717) is 23.9 Å². The van der Waals surface area contributed by atoms with Crippen LogP contribution < -0.4 is 20.5 Å². The van der Waals surface area contributed by atoms with Crippen molar-refractivity contribution in [2.75, 3.05) is 29.9 Å². The second-order valence-electron chi connectivity index (χ2n) is 7.82. The molecule has 0 aliphatic carbocycles. The molecular weight excluding hydrogens is 404 g/mol. The summed E-state index contributed by atoms with van der Waals surface area (Å²) in [5.74, 6) is 0.874. The highest BCUT2D eigenvalue weighted by Crippen LogP contribution is 2.24. The van der Waals surface area contributed by atoms with E-state index in [9.17, 15) is 9.59 Å². The fourth-order valence-electron chi connectivity index (χ4n) is 3.98. The molecule has 7 nitrogen and oxygen atoms in total. The van der Waals surface area contributed by atoms with Gasteiger partial charge in [0.1, 0.15) is 12.4 Å². The Morgan fingerprint density at radius 3 is 2.66 bits per heavy atom. The van der Waals surface area contributed by atoms with Crippen LogP contribution in [0.15, 0.2) is 66.0 Å². The Morgan fingerprint density at radius 1 is 1.09 bits per heavy atom. The van der Waals surface area contributed by atoms with E-state index >= 15 is 0 Å². The van der Waals surface area contributed by atoms with Gasteiger partial charge in [0.05, 0.1) is 16.7 Å². The van der Waals surface area contributed by atoms with Gasteiger partial charge >= 0.3 is 0 Å². The summed E-state index contributed by atoms with van der Waals surface area (Å²) in [6.07, 6.45) is 5.10. The lowest BCUT2D eigenvalue weighted by molar-refractivity contribution is -0.116. The minimum Gasteiger partial charge on any atom is -0.487 e. The lowest BCUT2D eigenvalue weighted by atomic mass is 10.1. The number of fused-ring (bicyclic) bond motifs is 1. The molecule has 0 radical (unpaired) electrons. The van der Waals surface area contributed by atoms with Gasteiger partial charge in [-0.1, -0.05) is 36.9 Å². The van der Waals surface area contributed by atoms with Gasteiger partial charge < -0.3 is 19.5 Å². The monoisotopic (exact) mass is 432 g/mol. The summed E-state index contributed by atoms with van der Waals surface area (Å²) in [7, 11) is 0. The molecule has 3 aromatic rings. The third-order valence-electron chi connectivity index (χ3n) is 5.57. The molecule has 1 fully saturated rings. The normalized spacial score (nSPS) is 13.7. The van der Waals surface area contributed by atoms with Crippen molar-refractivity contribution in [3.05, 3.63) is 71.5 Å². The summed E-state index contributed by atoms with van der Waals surface area (Å²) in [5.41, 5.74) is 1.95. The van der Waals surface area contributed by atoms with Gasteiger partial charge in [0.15, 0.2) is 5.82 Å². The number of aryl methyl sites for hydroxylation is 1. The molecule has 0 spiro atoms. The van der Waals surface area contributed by atoms with E-state index in [4.69, 9.17) is 4.74 Å². The number of piperidine rings is 1. The predicted molar refractivity (Wildman–Crippen MR) is 127 cm³/mol. The molecule has 0 saturated carbocycles. The maximum atomic E-state index is 13.3. The Hall–Kier alpha value is -3.61. The highest BCUT2D eigenvalue weighted by Gasteiger charge is 2.19. The fourth-order valence-corrected chi connectivity index (χ4v) is 3.98. The SMILES string of the molecule is C=CCOc1ccccc1NC(=O)CCn1c(=O)c(N2CCCCC2)nc2ccccc21. The number of carbonyl (C=O) groups is 1. The number of carbonyl (C=O) groups excluding carboxylic acids is 1. The second-order valence-corrected chi connectivity index (χ2v) is 7.82. The quantitative estimate of drug-likeness (QED) is 0.545. The summed E-state index contributed by atoms with van der Waals surface area (Å²) >= 11 is 0.